The lowest BCUT2D eigenvalue weighted by Gasteiger charge is -2.41. The van der Waals surface area contributed by atoms with Gasteiger partial charge in [0.1, 0.15) is 0 Å². The fraction of sp³-hybridized carbons (Fsp3) is 1.00. The lowest BCUT2D eigenvalue weighted by Crippen LogP contribution is -2.74. The molecule has 0 amide bonds. The van der Waals surface area contributed by atoms with Gasteiger partial charge >= 0.3 is 47.9 Å². The van der Waals surface area contributed by atoms with Crippen LogP contribution >= 0.6 is 0 Å². The predicted molar refractivity (Wildman–Crippen MR) is 53.1 cm³/mol. The minimum atomic E-state index is -8.72. The van der Waals surface area contributed by atoms with Gasteiger partial charge in [0, 0.05) is 0 Å². The Bertz CT molecular complexity index is 474. The van der Waals surface area contributed by atoms with Gasteiger partial charge < -0.3 is 0 Å². The maximum absolute atomic E-state index is 12.8. The first kappa shape index (κ1) is 28.2. The van der Waals surface area contributed by atoms with Crippen LogP contribution in [-0.4, -0.2) is 58.9 Å². The van der Waals surface area contributed by atoms with Gasteiger partial charge in [-0.05, 0) is 11.0 Å². The van der Waals surface area contributed by atoms with Gasteiger partial charge in [-0.2, -0.15) is 79.0 Å². The van der Waals surface area contributed by atoms with Crippen LogP contribution in [0.2, 0.25) is 0 Å². The van der Waals surface area contributed by atoms with Crippen LogP contribution in [0, 0.1) is 0 Å². The monoisotopic (exact) mass is 470 g/mol. The van der Waals surface area contributed by atoms with Crippen molar-refractivity contribution in [3.05, 3.63) is 0 Å². The standard InChI is InChI=1S/C8F18.H4Si/c9-1(10,3(13,14)5(17,18)7(21,22)23)2(11,12)4(15,16)6(19,20)8(24,25)26;/h;1H4. The third-order valence-corrected chi connectivity index (χ3v) is 2.68. The molecule has 0 aliphatic rings. The van der Waals surface area contributed by atoms with Gasteiger partial charge in [-0.1, -0.05) is 0 Å². The third-order valence-electron chi connectivity index (χ3n) is 2.68. The van der Waals surface area contributed by atoms with Gasteiger partial charge in [0.15, 0.2) is 0 Å². The minimum absolute atomic E-state index is 0. The summed E-state index contributed by atoms with van der Waals surface area (Å²) in [5.41, 5.74) is 0. The van der Waals surface area contributed by atoms with Crippen molar-refractivity contribution in [3.63, 3.8) is 0 Å². The SMILES string of the molecule is FC(F)(F)C(F)(F)C(F)(F)C(F)(F)C(F)(F)C(F)(F)C(F)(F)C(F)(F)F.[SiH4]. The number of alkyl halides is 18. The molecule has 166 valence electrons. The Balaban J connectivity index is 0. The number of halogens is 18. The van der Waals surface area contributed by atoms with Crippen LogP contribution in [0.3, 0.4) is 0 Å². The van der Waals surface area contributed by atoms with Crippen LogP contribution in [0.4, 0.5) is 79.0 Å². The first-order valence-electron chi connectivity index (χ1n) is 5.15. The molecule has 0 unspecified atom stereocenters. The zero-order valence-corrected chi connectivity index (χ0v) is 10.8. The van der Waals surface area contributed by atoms with Gasteiger partial charge in [-0.3, -0.25) is 0 Å². The van der Waals surface area contributed by atoms with Crippen molar-refractivity contribution in [1.29, 1.82) is 0 Å². The van der Waals surface area contributed by atoms with Gasteiger partial charge in [-0.15, -0.1) is 0 Å². The van der Waals surface area contributed by atoms with E-state index in [0.717, 1.165) is 0 Å². The second-order valence-corrected chi connectivity index (χ2v) is 4.44. The average molecular weight is 470 g/mol. The minimum Gasteiger partial charge on any atom is -0.192 e. The first-order chi connectivity index (χ1) is 10.8. The van der Waals surface area contributed by atoms with E-state index in [2.05, 4.69) is 0 Å². The van der Waals surface area contributed by atoms with E-state index in [1.165, 1.54) is 0 Å². The fourth-order valence-electron chi connectivity index (χ4n) is 1.14. The first-order valence-corrected chi connectivity index (χ1v) is 5.15. The molecular weight excluding hydrogens is 466 g/mol. The summed E-state index contributed by atoms with van der Waals surface area (Å²) in [5.74, 6) is -51.0. The second-order valence-electron chi connectivity index (χ2n) is 4.44. The molecule has 0 fully saturated rings. The molecule has 0 nitrogen and oxygen atoms in total. The van der Waals surface area contributed by atoms with E-state index in [9.17, 15) is 79.0 Å². The summed E-state index contributed by atoms with van der Waals surface area (Å²) in [7, 11) is 0. The third kappa shape index (κ3) is 3.43. The van der Waals surface area contributed by atoms with E-state index < -0.39 is 47.9 Å². The van der Waals surface area contributed by atoms with Crippen molar-refractivity contribution in [2.24, 2.45) is 0 Å². The van der Waals surface area contributed by atoms with E-state index in [1.807, 2.05) is 0 Å². The molecule has 19 heteroatoms. The number of hydrogen-bond acceptors (Lipinski definition) is 0. The van der Waals surface area contributed by atoms with Crippen LogP contribution in [0.25, 0.3) is 0 Å². The van der Waals surface area contributed by atoms with Crippen molar-refractivity contribution in [2.45, 2.75) is 47.9 Å². The summed E-state index contributed by atoms with van der Waals surface area (Å²) in [6, 6.07) is 0. The average Bonchev–Trinajstić information content (AvgIpc) is 2.34. The molecule has 0 rings (SSSR count). The van der Waals surface area contributed by atoms with E-state index in [1.54, 1.807) is 0 Å². The van der Waals surface area contributed by atoms with Crippen LogP contribution < -0.4 is 0 Å². The molecule has 0 saturated carbocycles. The molecule has 0 aliphatic carbocycles. The normalized spacial score (nSPS) is 16.2. The van der Waals surface area contributed by atoms with Crippen molar-refractivity contribution < 1.29 is 79.0 Å². The van der Waals surface area contributed by atoms with Crippen LogP contribution in [0.1, 0.15) is 0 Å². The highest BCUT2D eigenvalue weighted by molar-refractivity contribution is 5.75. The van der Waals surface area contributed by atoms with E-state index in [-0.39, 0.29) is 11.0 Å². The zero-order valence-electron chi connectivity index (χ0n) is 10.8. The Morgan fingerprint density at radius 2 is 0.333 bits per heavy atom. The Kier molecular flexibility index (Phi) is 6.78. The molecule has 0 atom stereocenters. The molecule has 0 aliphatic heterocycles. The lowest BCUT2D eigenvalue weighted by atomic mass is 9.91. The van der Waals surface area contributed by atoms with Crippen molar-refractivity contribution in [2.75, 3.05) is 0 Å². The van der Waals surface area contributed by atoms with Crippen LogP contribution in [0.5, 0.6) is 0 Å². The van der Waals surface area contributed by atoms with Crippen molar-refractivity contribution >= 4 is 11.0 Å². The van der Waals surface area contributed by atoms with Gasteiger partial charge in [0.25, 0.3) is 0 Å². The number of hydrogen-bond donors (Lipinski definition) is 0. The molecule has 0 bridgehead atoms. The summed E-state index contributed by atoms with van der Waals surface area (Å²) in [6.45, 7) is 0. The molecule has 0 aromatic rings. The molecule has 0 saturated heterocycles. The smallest absolute Gasteiger partial charge is 0.192 e. The van der Waals surface area contributed by atoms with Crippen LogP contribution in [-0.2, 0) is 0 Å². The quantitative estimate of drug-likeness (QED) is 0.411. The molecule has 27 heavy (non-hydrogen) atoms. The van der Waals surface area contributed by atoms with Crippen molar-refractivity contribution in [1.82, 2.24) is 0 Å². The topological polar surface area (TPSA) is 0 Å². The summed E-state index contributed by atoms with van der Waals surface area (Å²) in [6.07, 6.45) is -15.6. The van der Waals surface area contributed by atoms with Crippen molar-refractivity contribution in [3.8, 4) is 0 Å². The number of rotatable bonds is 5. The molecule has 0 radical (unpaired) electrons. The Labute approximate surface area is 139 Å². The summed E-state index contributed by atoms with van der Waals surface area (Å²) >= 11 is 0. The summed E-state index contributed by atoms with van der Waals surface area (Å²) < 4.78 is 221. The maximum atomic E-state index is 12.8. The molecular formula is C8H4F18Si. The molecule has 0 N–H and O–H groups in total. The maximum Gasteiger partial charge on any atom is 0.460 e. The fourth-order valence-corrected chi connectivity index (χ4v) is 1.14. The Hall–Kier alpha value is -1.04. The van der Waals surface area contributed by atoms with E-state index in [0.29, 0.717) is 0 Å². The largest absolute Gasteiger partial charge is 0.460 e. The summed E-state index contributed by atoms with van der Waals surface area (Å²) in [5, 5.41) is 0. The highest BCUT2D eigenvalue weighted by Crippen LogP contribution is 2.63. The Morgan fingerprint density at radius 1 is 0.222 bits per heavy atom. The lowest BCUT2D eigenvalue weighted by molar-refractivity contribution is -0.468. The Morgan fingerprint density at radius 3 is 0.444 bits per heavy atom. The molecule has 0 heterocycles. The second kappa shape index (κ2) is 6.50. The van der Waals surface area contributed by atoms with Crippen LogP contribution in [0.15, 0.2) is 0 Å². The summed E-state index contributed by atoms with van der Waals surface area (Å²) in [4.78, 5) is 0. The van der Waals surface area contributed by atoms with E-state index in [4.69, 9.17) is 0 Å². The zero-order chi connectivity index (χ0) is 22.0. The molecule has 0 aromatic carbocycles. The molecule has 0 aromatic heterocycles. The highest BCUT2D eigenvalue weighted by atomic mass is 28.1. The highest BCUT2D eigenvalue weighted by Gasteiger charge is 2.95. The van der Waals surface area contributed by atoms with E-state index >= 15 is 0 Å². The molecule has 0 spiro atoms. The predicted octanol–water partition coefficient (Wildman–Crippen LogP) is 4.47. The van der Waals surface area contributed by atoms with Gasteiger partial charge in [0.05, 0.1) is 0 Å². The van der Waals surface area contributed by atoms with Gasteiger partial charge in [-0.25, -0.2) is 0 Å². The van der Waals surface area contributed by atoms with Gasteiger partial charge in [0.2, 0.25) is 0 Å².